The molecule has 0 unspecified atom stereocenters. The molecule has 0 N–H and O–H groups in total. The third-order valence-corrected chi connectivity index (χ3v) is 4.22. The molecule has 0 radical (unpaired) electrons. The number of carbonyl (C=O) groups excluding carboxylic acids is 2. The summed E-state index contributed by atoms with van der Waals surface area (Å²) in [6, 6.07) is 5.46. The summed E-state index contributed by atoms with van der Waals surface area (Å²) in [4.78, 5) is 38.2. The molecule has 1 heterocycles. The van der Waals surface area contributed by atoms with Crippen LogP contribution < -0.4 is 0 Å². The number of ether oxygens (including phenoxy) is 2. The molecular weight excluding hydrogens is 342 g/mol. The first-order valence-corrected chi connectivity index (χ1v) is 8.42. The number of esters is 1. The van der Waals surface area contributed by atoms with Crippen LogP contribution >= 0.6 is 0 Å². The fourth-order valence-electron chi connectivity index (χ4n) is 2.64. The predicted molar refractivity (Wildman–Crippen MR) is 92.9 cm³/mol. The first-order valence-electron chi connectivity index (χ1n) is 8.42. The van der Waals surface area contributed by atoms with E-state index in [1.54, 1.807) is 4.90 Å². The van der Waals surface area contributed by atoms with Gasteiger partial charge in [0.15, 0.2) is 0 Å². The summed E-state index contributed by atoms with van der Waals surface area (Å²) < 4.78 is 9.95. The maximum absolute atomic E-state index is 12.8. The van der Waals surface area contributed by atoms with E-state index in [0.717, 1.165) is 13.1 Å². The zero-order valence-electron chi connectivity index (χ0n) is 14.8. The molecule has 1 aromatic rings. The number of non-ortho nitro benzene ring substituents is 1. The molecule has 1 fully saturated rings. The van der Waals surface area contributed by atoms with Crippen molar-refractivity contribution in [3.8, 4) is 0 Å². The van der Waals surface area contributed by atoms with E-state index in [0.29, 0.717) is 31.9 Å². The monoisotopic (exact) mass is 365 g/mol. The lowest BCUT2D eigenvalue weighted by Crippen LogP contribution is -2.43. The highest BCUT2D eigenvalue weighted by Gasteiger charge is 2.20. The summed E-state index contributed by atoms with van der Waals surface area (Å²) in [7, 11) is 1.30. The fraction of sp³-hybridized carbons (Fsp3) is 0.529. The minimum atomic E-state index is -0.512. The number of hydrogen-bond donors (Lipinski definition) is 0. The molecule has 1 aromatic carbocycles. The molecule has 0 atom stereocenters. The molecule has 0 aliphatic carbocycles. The average Bonchev–Trinajstić information content (AvgIpc) is 2.68. The van der Waals surface area contributed by atoms with Crippen molar-refractivity contribution in [2.45, 2.75) is 6.42 Å². The minimum absolute atomic E-state index is 0.0732. The molecule has 26 heavy (non-hydrogen) atoms. The van der Waals surface area contributed by atoms with Gasteiger partial charge in [0.25, 0.3) is 11.6 Å². The van der Waals surface area contributed by atoms with Gasteiger partial charge in [-0.3, -0.25) is 24.6 Å². The van der Waals surface area contributed by atoms with Crippen LogP contribution in [0.25, 0.3) is 0 Å². The standard InChI is InChI=1S/C17H23N3O6/c1-25-16(21)6-7-19(9-8-18-10-12-26-13-11-18)17(22)14-2-4-15(5-3-14)20(23)24/h2-5H,6-13H2,1H3. The van der Waals surface area contributed by atoms with Crippen LogP contribution in [0.3, 0.4) is 0 Å². The number of amides is 1. The number of morpholine rings is 1. The van der Waals surface area contributed by atoms with E-state index in [1.165, 1.54) is 31.4 Å². The molecule has 0 spiro atoms. The Hall–Kier alpha value is -2.52. The summed E-state index contributed by atoms with van der Waals surface area (Å²) in [5, 5.41) is 10.7. The van der Waals surface area contributed by atoms with Gasteiger partial charge in [0.1, 0.15) is 0 Å². The van der Waals surface area contributed by atoms with E-state index >= 15 is 0 Å². The predicted octanol–water partition coefficient (Wildman–Crippen LogP) is 0.932. The molecule has 1 aliphatic heterocycles. The van der Waals surface area contributed by atoms with Crippen LogP contribution in [0.5, 0.6) is 0 Å². The van der Waals surface area contributed by atoms with Crippen LogP contribution in [0.15, 0.2) is 24.3 Å². The van der Waals surface area contributed by atoms with Gasteiger partial charge < -0.3 is 14.4 Å². The fourth-order valence-corrected chi connectivity index (χ4v) is 2.64. The van der Waals surface area contributed by atoms with Gasteiger partial charge >= 0.3 is 5.97 Å². The smallest absolute Gasteiger partial charge is 0.307 e. The van der Waals surface area contributed by atoms with Crippen LogP contribution in [0.4, 0.5) is 5.69 Å². The van der Waals surface area contributed by atoms with E-state index in [4.69, 9.17) is 4.74 Å². The topological polar surface area (TPSA) is 102 Å². The minimum Gasteiger partial charge on any atom is -0.469 e. The third-order valence-electron chi connectivity index (χ3n) is 4.22. The Morgan fingerprint density at radius 2 is 1.88 bits per heavy atom. The molecule has 1 amide bonds. The second-order valence-electron chi connectivity index (χ2n) is 5.88. The van der Waals surface area contributed by atoms with Crippen LogP contribution in [0, 0.1) is 10.1 Å². The van der Waals surface area contributed by atoms with E-state index in [1.807, 2.05) is 0 Å². The first kappa shape index (κ1) is 19.8. The Morgan fingerprint density at radius 3 is 2.46 bits per heavy atom. The van der Waals surface area contributed by atoms with Gasteiger partial charge in [-0.2, -0.15) is 0 Å². The Labute approximate surface area is 151 Å². The highest BCUT2D eigenvalue weighted by atomic mass is 16.6. The van der Waals surface area contributed by atoms with Crippen LogP contribution in [-0.2, 0) is 14.3 Å². The van der Waals surface area contributed by atoms with Gasteiger partial charge in [-0.1, -0.05) is 0 Å². The molecule has 0 bridgehead atoms. The molecule has 0 aromatic heterocycles. The first-order chi connectivity index (χ1) is 12.5. The van der Waals surface area contributed by atoms with Crippen molar-refractivity contribution in [2.24, 2.45) is 0 Å². The molecule has 0 saturated carbocycles. The lowest BCUT2D eigenvalue weighted by atomic mass is 10.1. The lowest BCUT2D eigenvalue weighted by molar-refractivity contribution is -0.384. The van der Waals surface area contributed by atoms with Gasteiger partial charge in [0, 0.05) is 50.4 Å². The van der Waals surface area contributed by atoms with Crippen molar-refractivity contribution >= 4 is 17.6 Å². The van der Waals surface area contributed by atoms with Crippen molar-refractivity contribution < 1.29 is 24.0 Å². The number of rotatable bonds is 8. The van der Waals surface area contributed by atoms with E-state index in [2.05, 4.69) is 9.64 Å². The van der Waals surface area contributed by atoms with Gasteiger partial charge in [-0.15, -0.1) is 0 Å². The molecule has 1 aliphatic rings. The van der Waals surface area contributed by atoms with Crippen molar-refractivity contribution in [1.29, 1.82) is 0 Å². The summed E-state index contributed by atoms with van der Waals surface area (Å²) in [5.74, 6) is -0.657. The lowest BCUT2D eigenvalue weighted by Gasteiger charge is -2.30. The van der Waals surface area contributed by atoms with Crippen LogP contribution in [0.2, 0.25) is 0 Å². The van der Waals surface area contributed by atoms with E-state index in [9.17, 15) is 19.7 Å². The SMILES string of the molecule is COC(=O)CCN(CCN1CCOCC1)C(=O)c1ccc([N+](=O)[O-])cc1. The van der Waals surface area contributed by atoms with Gasteiger partial charge in [-0.25, -0.2) is 0 Å². The maximum Gasteiger partial charge on any atom is 0.307 e. The van der Waals surface area contributed by atoms with Crippen molar-refractivity contribution in [3.05, 3.63) is 39.9 Å². The Morgan fingerprint density at radius 1 is 1.23 bits per heavy atom. The zero-order valence-corrected chi connectivity index (χ0v) is 14.8. The van der Waals surface area contributed by atoms with E-state index < -0.39 is 10.9 Å². The summed E-state index contributed by atoms with van der Waals surface area (Å²) in [6.07, 6.45) is 0.0956. The van der Waals surface area contributed by atoms with Crippen LogP contribution in [0.1, 0.15) is 16.8 Å². The van der Waals surface area contributed by atoms with Gasteiger partial charge in [-0.05, 0) is 12.1 Å². The highest BCUT2D eigenvalue weighted by Crippen LogP contribution is 2.14. The second kappa shape index (κ2) is 9.83. The zero-order chi connectivity index (χ0) is 18.9. The maximum atomic E-state index is 12.8. The molecule has 9 heteroatoms. The Kier molecular flexibility index (Phi) is 7.49. The summed E-state index contributed by atoms with van der Waals surface area (Å²) in [6.45, 7) is 4.28. The normalized spacial score (nSPS) is 14.7. The number of benzene rings is 1. The number of hydrogen-bond acceptors (Lipinski definition) is 7. The molecular formula is C17H23N3O6. The van der Waals surface area contributed by atoms with Crippen LogP contribution in [-0.4, -0.2) is 79.6 Å². The van der Waals surface area contributed by atoms with Crippen molar-refractivity contribution in [3.63, 3.8) is 0 Å². The Balaban J connectivity index is 2.03. The molecule has 2 rings (SSSR count). The summed E-state index contributed by atoms with van der Waals surface area (Å²) >= 11 is 0. The molecule has 9 nitrogen and oxygen atoms in total. The number of nitrogens with zero attached hydrogens (tertiary/aromatic N) is 3. The largest absolute Gasteiger partial charge is 0.469 e. The number of nitro benzene ring substituents is 1. The third kappa shape index (κ3) is 5.78. The number of nitro groups is 1. The highest BCUT2D eigenvalue weighted by molar-refractivity contribution is 5.94. The van der Waals surface area contributed by atoms with Crippen molar-refractivity contribution in [2.75, 3.05) is 53.0 Å². The number of carbonyl (C=O) groups is 2. The van der Waals surface area contributed by atoms with Gasteiger partial charge in [0.05, 0.1) is 31.7 Å². The quantitative estimate of drug-likeness (QED) is 0.384. The molecule has 142 valence electrons. The second-order valence-corrected chi connectivity index (χ2v) is 5.88. The summed E-state index contributed by atoms with van der Waals surface area (Å²) in [5.41, 5.74) is 0.276. The van der Waals surface area contributed by atoms with Gasteiger partial charge in [0.2, 0.25) is 0 Å². The Bertz CT molecular complexity index is 628. The van der Waals surface area contributed by atoms with Crippen molar-refractivity contribution in [1.82, 2.24) is 9.80 Å². The number of methoxy groups -OCH3 is 1. The molecule has 1 saturated heterocycles. The van der Waals surface area contributed by atoms with E-state index in [-0.39, 0.29) is 24.6 Å². The average molecular weight is 365 g/mol.